The van der Waals surface area contributed by atoms with Crippen LogP contribution in [-0.4, -0.2) is 12.4 Å². The molecular weight excluding hydrogens is 284 g/mol. The molecule has 2 rings (SSSR count). The van der Waals surface area contributed by atoms with E-state index in [2.05, 4.69) is 6.58 Å². The van der Waals surface area contributed by atoms with Crippen molar-refractivity contribution >= 4 is 23.5 Å². The van der Waals surface area contributed by atoms with Gasteiger partial charge in [-0.15, -0.1) is 0 Å². The van der Waals surface area contributed by atoms with Crippen LogP contribution in [0, 0.1) is 0 Å². The van der Waals surface area contributed by atoms with Crippen molar-refractivity contribution in [1.82, 2.24) is 0 Å². The number of carbonyl (C=O) groups is 1. The van der Waals surface area contributed by atoms with Crippen molar-refractivity contribution < 1.29 is 9.53 Å². The van der Waals surface area contributed by atoms with Crippen molar-refractivity contribution in [2.45, 2.75) is 0 Å². The van der Waals surface area contributed by atoms with Crippen LogP contribution in [0.3, 0.4) is 0 Å². The highest BCUT2D eigenvalue weighted by molar-refractivity contribution is 6.31. The monoisotopic (exact) mass is 298 g/mol. The van der Waals surface area contributed by atoms with Gasteiger partial charge in [0.1, 0.15) is 12.4 Å². The van der Waals surface area contributed by atoms with Crippen LogP contribution in [0.2, 0.25) is 5.02 Å². The molecule has 0 aromatic heterocycles. The molecule has 0 N–H and O–H groups in total. The number of halogens is 1. The number of hydrogen-bond donors (Lipinski definition) is 0. The molecule has 2 aromatic carbocycles. The number of ether oxygens (including phenoxy) is 1. The van der Waals surface area contributed by atoms with Crippen LogP contribution in [0.15, 0.2) is 67.3 Å². The van der Waals surface area contributed by atoms with Gasteiger partial charge in [-0.25, -0.2) is 0 Å². The van der Waals surface area contributed by atoms with Gasteiger partial charge in [-0.3, -0.25) is 4.79 Å². The Balaban J connectivity index is 2.23. The van der Waals surface area contributed by atoms with Gasteiger partial charge in [-0.2, -0.15) is 0 Å². The van der Waals surface area contributed by atoms with E-state index in [1.165, 1.54) is 6.08 Å². The lowest BCUT2D eigenvalue weighted by atomic mass is 10.1. The quantitative estimate of drug-likeness (QED) is 0.435. The third kappa shape index (κ3) is 4.33. The zero-order chi connectivity index (χ0) is 15.1. The Morgan fingerprint density at radius 1 is 1.19 bits per heavy atom. The average molecular weight is 299 g/mol. The molecule has 0 radical (unpaired) electrons. The fraction of sp³-hybridized carbons (Fsp3) is 0.0556. The van der Waals surface area contributed by atoms with Crippen molar-refractivity contribution in [1.29, 1.82) is 0 Å². The molecule has 21 heavy (non-hydrogen) atoms. The van der Waals surface area contributed by atoms with E-state index in [0.29, 0.717) is 22.9 Å². The van der Waals surface area contributed by atoms with E-state index in [1.54, 1.807) is 30.4 Å². The molecule has 0 saturated carbocycles. The number of ketones is 1. The number of allylic oxidation sites excluding steroid dienone is 1. The summed E-state index contributed by atoms with van der Waals surface area (Å²) in [6, 6.07) is 14.6. The Labute approximate surface area is 129 Å². The topological polar surface area (TPSA) is 26.3 Å². The standard InChI is InChI=1S/C18H15ClO2/c1-2-12-21-18-11-9-15(19)13-16(18)17(20)10-8-14-6-4-3-5-7-14/h2-11,13H,1,12H2/b10-8+. The number of benzene rings is 2. The Morgan fingerprint density at radius 3 is 2.67 bits per heavy atom. The van der Waals surface area contributed by atoms with E-state index in [0.717, 1.165) is 5.56 Å². The smallest absolute Gasteiger partial charge is 0.189 e. The van der Waals surface area contributed by atoms with Crippen LogP contribution in [0.5, 0.6) is 5.75 Å². The summed E-state index contributed by atoms with van der Waals surface area (Å²) in [6.07, 6.45) is 4.91. The molecule has 2 nitrogen and oxygen atoms in total. The Hall–Kier alpha value is -2.32. The predicted molar refractivity (Wildman–Crippen MR) is 87.0 cm³/mol. The van der Waals surface area contributed by atoms with Crippen molar-refractivity contribution in [3.63, 3.8) is 0 Å². The summed E-state index contributed by atoms with van der Waals surface area (Å²) in [6.45, 7) is 3.93. The first-order valence-electron chi connectivity index (χ1n) is 6.51. The van der Waals surface area contributed by atoms with Crippen molar-refractivity contribution in [2.24, 2.45) is 0 Å². The van der Waals surface area contributed by atoms with Crippen LogP contribution < -0.4 is 4.74 Å². The lowest BCUT2D eigenvalue weighted by Gasteiger charge is -2.08. The molecule has 0 fully saturated rings. The summed E-state index contributed by atoms with van der Waals surface area (Å²) in [5, 5.41) is 0.498. The van der Waals surface area contributed by atoms with Crippen LogP contribution in [0.1, 0.15) is 15.9 Å². The van der Waals surface area contributed by atoms with Crippen LogP contribution in [0.4, 0.5) is 0 Å². The zero-order valence-corrected chi connectivity index (χ0v) is 12.2. The summed E-state index contributed by atoms with van der Waals surface area (Å²) in [7, 11) is 0. The second-order valence-corrected chi connectivity index (χ2v) is 4.78. The highest BCUT2D eigenvalue weighted by Gasteiger charge is 2.10. The lowest BCUT2D eigenvalue weighted by molar-refractivity contribution is 0.104. The van der Waals surface area contributed by atoms with Crippen LogP contribution >= 0.6 is 11.6 Å². The first kappa shape index (κ1) is 15.1. The van der Waals surface area contributed by atoms with E-state index in [1.807, 2.05) is 30.3 Å². The first-order valence-corrected chi connectivity index (χ1v) is 6.89. The molecular formula is C18H15ClO2. The summed E-state index contributed by atoms with van der Waals surface area (Å²) < 4.78 is 5.48. The molecule has 0 atom stereocenters. The van der Waals surface area contributed by atoms with Gasteiger partial charge in [-0.05, 0) is 29.8 Å². The molecule has 0 bridgehead atoms. The van der Waals surface area contributed by atoms with E-state index < -0.39 is 0 Å². The molecule has 2 aromatic rings. The number of carbonyl (C=O) groups excluding carboxylic acids is 1. The van der Waals surface area contributed by atoms with Crippen LogP contribution in [-0.2, 0) is 0 Å². The zero-order valence-electron chi connectivity index (χ0n) is 11.5. The van der Waals surface area contributed by atoms with Gasteiger partial charge in [0, 0.05) is 5.02 Å². The molecule has 106 valence electrons. The van der Waals surface area contributed by atoms with E-state index in [4.69, 9.17) is 16.3 Å². The average Bonchev–Trinajstić information content (AvgIpc) is 2.52. The third-order valence-corrected chi connectivity index (χ3v) is 3.03. The van der Waals surface area contributed by atoms with Crippen molar-refractivity contribution in [3.05, 3.63) is 83.4 Å². The predicted octanol–water partition coefficient (Wildman–Crippen LogP) is 4.80. The molecule has 0 aliphatic rings. The highest BCUT2D eigenvalue weighted by atomic mass is 35.5. The molecule has 0 aliphatic heterocycles. The van der Waals surface area contributed by atoms with Gasteiger partial charge >= 0.3 is 0 Å². The molecule has 0 spiro atoms. The molecule has 0 heterocycles. The molecule has 3 heteroatoms. The van der Waals surface area contributed by atoms with Gasteiger partial charge in [-0.1, -0.05) is 60.7 Å². The molecule has 0 amide bonds. The second-order valence-electron chi connectivity index (χ2n) is 4.35. The highest BCUT2D eigenvalue weighted by Crippen LogP contribution is 2.24. The number of rotatable bonds is 6. The minimum atomic E-state index is -0.152. The Morgan fingerprint density at radius 2 is 1.95 bits per heavy atom. The van der Waals surface area contributed by atoms with Gasteiger partial charge in [0.2, 0.25) is 0 Å². The minimum Gasteiger partial charge on any atom is -0.489 e. The fourth-order valence-electron chi connectivity index (χ4n) is 1.80. The summed E-state index contributed by atoms with van der Waals surface area (Å²) in [4.78, 5) is 12.3. The summed E-state index contributed by atoms with van der Waals surface area (Å²) in [5.41, 5.74) is 1.40. The maximum absolute atomic E-state index is 12.3. The molecule has 0 aliphatic carbocycles. The maximum atomic E-state index is 12.3. The fourth-order valence-corrected chi connectivity index (χ4v) is 1.97. The van der Waals surface area contributed by atoms with Gasteiger partial charge in [0.25, 0.3) is 0 Å². The van der Waals surface area contributed by atoms with Gasteiger partial charge < -0.3 is 4.74 Å². The van der Waals surface area contributed by atoms with E-state index >= 15 is 0 Å². The molecule has 0 saturated heterocycles. The normalized spacial score (nSPS) is 10.5. The summed E-state index contributed by atoms with van der Waals surface area (Å²) >= 11 is 5.96. The maximum Gasteiger partial charge on any atom is 0.189 e. The Bertz CT molecular complexity index is 660. The second kappa shape index (κ2) is 7.46. The van der Waals surface area contributed by atoms with Gasteiger partial charge in [0.05, 0.1) is 5.56 Å². The van der Waals surface area contributed by atoms with E-state index in [9.17, 15) is 4.79 Å². The number of hydrogen-bond acceptors (Lipinski definition) is 2. The minimum absolute atomic E-state index is 0.152. The summed E-state index contributed by atoms with van der Waals surface area (Å²) in [5.74, 6) is 0.349. The third-order valence-electron chi connectivity index (χ3n) is 2.79. The Kier molecular flexibility index (Phi) is 5.35. The van der Waals surface area contributed by atoms with Crippen molar-refractivity contribution in [3.8, 4) is 5.75 Å². The molecule has 0 unspecified atom stereocenters. The largest absolute Gasteiger partial charge is 0.489 e. The van der Waals surface area contributed by atoms with Gasteiger partial charge in [0.15, 0.2) is 5.78 Å². The lowest BCUT2D eigenvalue weighted by Crippen LogP contribution is -2.02. The first-order chi connectivity index (χ1) is 10.2. The van der Waals surface area contributed by atoms with Crippen LogP contribution in [0.25, 0.3) is 6.08 Å². The van der Waals surface area contributed by atoms with E-state index in [-0.39, 0.29) is 5.78 Å². The van der Waals surface area contributed by atoms with Crippen molar-refractivity contribution in [2.75, 3.05) is 6.61 Å². The SMILES string of the molecule is C=CCOc1ccc(Cl)cc1C(=O)/C=C/c1ccccc1.